The first kappa shape index (κ1) is 15.9. The first-order chi connectivity index (χ1) is 9.13. The molecule has 0 saturated carbocycles. The van der Waals surface area contributed by atoms with Crippen molar-refractivity contribution in [1.82, 2.24) is 5.32 Å². The Morgan fingerprint density at radius 1 is 1.42 bits per heavy atom. The van der Waals surface area contributed by atoms with Crippen LogP contribution in [0.25, 0.3) is 0 Å². The number of benzene rings is 1. The predicted octanol–water partition coefficient (Wildman–Crippen LogP) is 1.26. The average molecular weight is 332 g/mol. The van der Waals surface area contributed by atoms with Gasteiger partial charge >= 0.3 is 0 Å². The van der Waals surface area contributed by atoms with Gasteiger partial charge in [0.2, 0.25) is 0 Å². The first-order valence-corrected chi connectivity index (χ1v) is 6.77. The third-order valence-electron chi connectivity index (χ3n) is 2.25. The molecular weight excluding hydrogens is 314 g/mol. The van der Waals surface area contributed by atoms with Gasteiger partial charge in [0.25, 0.3) is 5.91 Å². The lowest BCUT2D eigenvalue weighted by molar-refractivity contribution is -0.123. The summed E-state index contributed by atoms with van der Waals surface area (Å²) >= 11 is 3.38. The van der Waals surface area contributed by atoms with Gasteiger partial charge < -0.3 is 19.9 Å². The normalized spacial score (nSPS) is 10.3. The molecule has 0 unspecified atom stereocenters. The highest BCUT2D eigenvalue weighted by atomic mass is 79.9. The van der Waals surface area contributed by atoms with Crippen molar-refractivity contribution in [2.75, 3.05) is 33.0 Å². The molecule has 0 saturated heterocycles. The molecule has 0 fully saturated rings. The summed E-state index contributed by atoms with van der Waals surface area (Å²) in [6, 6.07) is 5.66. The maximum atomic E-state index is 11.5. The Hall–Kier alpha value is -1.11. The minimum atomic E-state index is -0.208. The van der Waals surface area contributed by atoms with E-state index in [1.165, 1.54) is 0 Å². The summed E-state index contributed by atoms with van der Waals surface area (Å²) in [4.78, 5) is 11.5. The maximum absolute atomic E-state index is 11.5. The van der Waals surface area contributed by atoms with Gasteiger partial charge in [0, 0.05) is 6.54 Å². The molecule has 0 aliphatic rings. The fraction of sp³-hybridized carbons (Fsp3) is 0.462. The molecule has 6 heteroatoms. The Labute approximate surface area is 121 Å². The second kappa shape index (κ2) is 8.90. The van der Waals surface area contributed by atoms with Gasteiger partial charge in [-0.15, -0.1) is 0 Å². The van der Waals surface area contributed by atoms with Crippen LogP contribution in [0.3, 0.4) is 0 Å². The van der Waals surface area contributed by atoms with Gasteiger partial charge in [0.1, 0.15) is 5.75 Å². The standard InChI is InChI=1S/C13H18BrNO4/c1-10-2-3-12(11(14)8-10)19-9-13(17)15-4-6-18-7-5-16/h2-3,8,16H,4-7,9H2,1H3,(H,15,17). The minimum Gasteiger partial charge on any atom is -0.483 e. The molecule has 106 valence electrons. The number of nitrogens with one attached hydrogen (secondary N) is 1. The smallest absolute Gasteiger partial charge is 0.258 e. The van der Waals surface area contributed by atoms with Crippen molar-refractivity contribution in [2.24, 2.45) is 0 Å². The SMILES string of the molecule is Cc1ccc(OCC(=O)NCCOCCO)c(Br)c1. The number of carbonyl (C=O) groups is 1. The minimum absolute atomic E-state index is 0.0154. The molecule has 0 aliphatic carbocycles. The van der Waals surface area contributed by atoms with Crippen LogP contribution in [0.5, 0.6) is 5.75 Å². The summed E-state index contributed by atoms with van der Waals surface area (Å²) in [5.74, 6) is 0.428. The number of rotatable bonds is 8. The van der Waals surface area contributed by atoms with E-state index < -0.39 is 0 Å². The topological polar surface area (TPSA) is 67.8 Å². The number of amides is 1. The number of aliphatic hydroxyl groups excluding tert-OH is 1. The van der Waals surface area contributed by atoms with E-state index in [0.29, 0.717) is 18.9 Å². The van der Waals surface area contributed by atoms with E-state index in [2.05, 4.69) is 21.2 Å². The summed E-state index contributed by atoms with van der Waals surface area (Å²) < 4.78 is 11.2. The number of halogens is 1. The molecule has 0 aromatic heterocycles. The monoisotopic (exact) mass is 331 g/mol. The quantitative estimate of drug-likeness (QED) is 0.704. The Bertz CT molecular complexity index is 412. The largest absolute Gasteiger partial charge is 0.483 e. The van der Waals surface area contributed by atoms with Gasteiger partial charge in [-0.05, 0) is 40.5 Å². The molecule has 0 radical (unpaired) electrons. The van der Waals surface area contributed by atoms with Crippen LogP contribution in [0.15, 0.2) is 22.7 Å². The third kappa shape index (κ3) is 6.56. The lowest BCUT2D eigenvalue weighted by atomic mass is 10.2. The van der Waals surface area contributed by atoms with Crippen LogP contribution in [-0.2, 0) is 9.53 Å². The number of aliphatic hydroxyl groups is 1. The molecule has 0 heterocycles. The number of aryl methyl sites for hydroxylation is 1. The molecular formula is C13H18BrNO4. The van der Waals surface area contributed by atoms with E-state index in [1.807, 2.05) is 25.1 Å². The van der Waals surface area contributed by atoms with Crippen LogP contribution in [-0.4, -0.2) is 44.0 Å². The lowest BCUT2D eigenvalue weighted by Crippen LogP contribution is -2.31. The van der Waals surface area contributed by atoms with E-state index in [1.54, 1.807) is 0 Å². The second-order valence-corrected chi connectivity index (χ2v) is 4.76. The Kier molecular flexibility index (Phi) is 7.47. The van der Waals surface area contributed by atoms with Gasteiger partial charge in [-0.3, -0.25) is 4.79 Å². The fourth-order valence-electron chi connectivity index (χ4n) is 1.35. The molecule has 1 rings (SSSR count). The van der Waals surface area contributed by atoms with Crippen LogP contribution in [0.2, 0.25) is 0 Å². The van der Waals surface area contributed by atoms with Crippen molar-refractivity contribution in [1.29, 1.82) is 0 Å². The van der Waals surface area contributed by atoms with Gasteiger partial charge in [0.05, 0.1) is 24.3 Å². The zero-order chi connectivity index (χ0) is 14.1. The molecule has 0 atom stereocenters. The zero-order valence-electron chi connectivity index (χ0n) is 10.8. The summed E-state index contributed by atoms with van der Waals surface area (Å²) in [6.45, 7) is 2.98. The number of hydrogen-bond donors (Lipinski definition) is 2. The van der Waals surface area contributed by atoms with Gasteiger partial charge in [0.15, 0.2) is 6.61 Å². The maximum Gasteiger partial charge on any atom is 0.258 e. The van der Waals surface area contributed by atoms with Crippen molar-refractivity contribution < 1.29 is 19.4 Å². The molecule has 0 aliphatic heterocycles. The van der Waals surface area contributed by atoms with E-state index in [0.717, 1.165) is 10.0 Å². The van der Waals surface area contributed by atoms with E-state index in [9.17, 15) is 4.79 Å². The first-order valence-electron chi connectivity index (χ1n) is 5.97. The van der Waals surface area contributed by atoms with E-state index in [4.69, 9.17) is 14.6 Å². The van der Waals surface area contributed by atoms with Gasteiger partial charge in [-0.1, -0.05) is 6.07 Å². The van der Waals surface area contributed by atoms with Gasteiger partial charge in [-0.2, -0.15) is 0 Å². The fourth-order valence-corrected chi connectivity index (χ4v) is 1.95. The predicted molar refractivity (Wildman–Crippen MR) is 75.3 cm³/mol. The summed E-state index contributed by atoms with van der Waals surface area (Å²) in [5, 5.41) is 11.2. The van der Waals surface area contributed by atoms with Crippen molar-refractivity contribution in [3.63, 3.8) is 0 Å². The summed E-state index contributed by atoms with van der Waals surface area (Å²) in [5.41, 5.74) is 1.12. The van der Waals surface area contributed by atoms with Crippen LogP contribution in [0.1, 0.15) is 5.56 Å². The molecule has 1 aromatic rings. The van der Waals surface area contributed by atoms with E-state index in [-0.39, 0.29) is 25.7 Å². The highest BCUT2D eigenvalue weighted by Gasteiger charge is 2.05. The Morgan fingerprint density at radius 2 is 2.21 bits per heavy atom. The third-order valence-corrected chi connectivity index (χ3v) is 2.87. The molecule has 1 amide bonds. The van der Waals surface area contributed by atoms with Crippen LogP contribution >= 0.6 is 15.9 Å². The van der Waals surface area contributed by atoms with Crippen LogP contribution < -0.4 is 10.1 Å². The lowest BCUT2D eigenvalue weighted by Gasteiger charge is -2.09. The highest BCUT2D eigenvalue weighted by Crippen LogP contribution is 2.25. The summed E-state index contributed by atoms with van der Waals surface area (Å²) in [7, 11) is 0. The van der Waals surface area contributed by atoms with E-state index >= 15 is 0 Å². The average Bonchev–Trinajstić information content (AvgIpc) is 2.37. The van der Waals surface area contributed by atoms with Crippen LogP contribution in [0.4, 0.5) is 0 Å². The summed E-state index contributed by atoms with van der Waals surface area (Å²) in [6.07, 6.45) is 0. The zero-order valence-corrected chi connectivity index (χ0v) is 12.4. The van der Waals surface area contributed by atoms with Gasteiger partial charge in [-0.25, -0.2) is 0 Å². The number of hydrogen-bond acceptors (Lipinski definition) is 4. The Balaban J connectivity index is 2.22. The Morgan fingerprint density at radius 3 is 2.89 bits per heavy atom. The molecule has 19 heavy (non-hydrogen) atoms. The molecule has 0 spiro atoms. The van der Waals surface area contributed by atoms with Crippen molar-refractivity contribution in [3.05, 3.63) is 28.2 Å². The van der Waals surface area contributed by atoms with Crippen molar-refractivity contribution in [2.45, 2.75) is 6.92 Å². The number of carbonyl (C=O) groups excluding carboxylic acids is 1. The molecule has 0 bridgehead atoms. The van der Waals surface area contributed by atoms with Crippen molar-refractivity contribution >= 4 is 21.8 Å². The van der Waals surface area contributed by atoms with Crippen molar-refractivity contribution in [3.8, 4) is 5.75 Å². The molecule has 2 N–H and O–H groups in total. The van der Waals surface area contributed by atoms with Crippen LogP contribution in [0, 0.1) is 6.92 Å². The second-order valence-electron chi connectivity index (χ2n) is 3.91. The molecule has 5 nitrogen and oxygen atoms in total. The molecule has 1 aromatic carbocycles. The highest BCUT2D eigenvalue weighted by molar-refractivity contribution is 9.10. The number of ether oxygens (including phenoxy) is 2.